The molecule has 1 saturated heterocycles. The number of anilines is 1. The summed E-state index contributed by atoms with van der Waals surface area (Å²) in [5.74, 6) is 1.11. The van der Waals surface area contributed by atoms with Crippen LogP contribution in [0.5, 0.6) is 0 Å². The van der Waals surface area contributed by atoms with Gasteiger partial charge in [-0.3, -0.25) is 4.98 Å². The van der Waals surface area contributed by atoms with E-state index >= 15 is 0 Å². The predicted molar refractivity (Wildman–Crippen MR) is 67.6 cm³/mol. The average Bonchev–Trinajstić information content (AvgIpc) is 2.79. The Kier molecular flexibility index (Phi) is 4.48. The molecule has 3 nitrogen and oxygen atoms in total. The van der Waals surface area contributed by atoms with Gasteiger partial charge in [-0.1, -0.05) is 0 Å². The minimum Gasteiger partial charge on any atom is -0.397 e. The van der Waals surface area contributed by atoms with Crippen LogP contribution in [0.25, 0.3) is 0 Å². The third kappa shape index (κ3) is 3.39. The minimum atomic E-state index is 0.510. The zero-order chi connectivity index (χ0) is 11.2. The minimum absolute atomic E-state index is 0.510. The van der Waals surface area contributed by atoms with E-state index in [-0.39, 0.29) is 0 Å². The number of rotatable bonds is 5. The molecule has 1 aliphatic heterocycles. The van der Waals surface area contributed by atoms with Crippen LogP contribution in [0.4, 0.5) is 5.69 Å². The highest BCUT2D eigenvalue weighted by molar-refractivity contribution is 7.99. The topological polar surface area (TPSA) is 48.1 Å². The maximum absolute atomic E-state index is 5.82. The van der Waals surface area contributed by atoms with Gasteiger partial charge in [-0.15, -0.1) is 11.8 Å². The number of thioether (sulfide) groups is 1. The maximum atomic E-state index is 5.82. The van der Waals surface area contributed by atoms with Crippen LogP contribution < -0.4 is 5.73 Å². The molecule has 2 N–H and O–H groups in total. The quantitative estimate of drug-likeness (QED) is 0.633. The molecule has 2 rings (SSSR count). The van der Waals surface area contributed by atoms with Gasteiger partial charge >= 0.3 is 0 Å². The van der Waals surface area contributed by atoms with Gasteiger partial charge < -0.3 is 10.5 Å². The molecule has 88 valence electrons. The summed E-state index contributed by atoms with van der Waals surface area (Å²) in [6.45, 7) is 0.953. The van der Waals surface area contributed by atoms with Crippen molar-refractivity contribution in [2.45, 2.75) is 36.7 Å². The molecule has 0 aromatic carbocycles. The van der Waals surface area contributed by atoms with E-state index in [1.807, 2.05) is 17.8 Å². The number of ether oxygens (including phenoxy) is 1. The number of hydrogen-bond acceptors (Lipinski definition) is 4. The molecule has 0 spiro atoms. The molecule has 1 aromatic rings. The van der Waals surface area contributed by atoms with Crippen molar-refractivity contribution in [2.75, 3.05) is 18.1 Å². The van der Waals surface area contributed by atoms with Crippen molar-refractivity contribution in [1.82, 2.24) is 4.98 Å². The number of aromatic nitrogens is 1. The number of nitrogens with two attached hydrogens (primary N) is 1. The fourth-order valence-electron chi connectivity index (χ4n) is 1.89. The van der Waals surface area contributed by atoms with Crippen molar-refractivity contribution < 1.29 is 4.74 Å². The van der Waals surface area contributed by atoms with E-state index in [1.165, 1.54) is 25.7 Å². The second kappa shape index (κ2) is 6.11. The Morgan fingerprint density at radius 1 is 1.56 bits per heavy atom. The van der Waals surface area contributed by atoms with Crippen molar-refractivity contribution in [2.24, 2.45) is 0 Å². The van der Waals surface area contributed by atoms with Crippen LogP contribution in [-0.4, -0.2) is 23.4 Å². The lowest BCUT2D eigenvalue weighted by atomic mass is 10.1. The molecule has 0 amide bonds. The summed E-state index contributed by atoms with van der Waals surface area (Å²) >= 11 is 1.81. The van der Waals surface area contributed by atoms with E-state index < -0.39 is 0 Å². The van der Waals surface area contributed by atoms with E-state index in [4.69, 9.17) is 10.5 Å². The van der Waals surface area contributed by atoms with Crippen LogP contribution >= 0.6 is 11.8 Å². The lowest BCUT2D eigenvalue weighted by Gasteiger charge is -2.08. The summed E-state index contributed by atoms with van der Waals surface area (Å²) < 4.78 is 5.58. The standard InChI is InChI=1S/C12H18N2OS/c13-11-9-14-6-5-12(11)16-8-2-4-10-3-1-7-15-10/h5-6,9-10H,1-4,7-8,13H2. The molecule has 2 heterocycles. The largest absolute Gasteiger partial charge is 0.397 e. The Hall–Kier alpha value is -0.740. The van der Waals surface area contributed by atoms with Crippen LogP contribution in [0.15, 0.2) is 23.4 Å². The van der Waals surface area contributed by atoms with E-state index in [0.717, 1.165) is 22.9 Å². The van der Waals surface area contributed by atoms with Crippen LogP contribution in [0.3, 0.4) is 0 Å². The Bertz CT molecular complexity index is 327. The highest BCUT2D eigenvalue weighted by Gasteiger charge is 2.14. The number of hydrogen-bond donors (Lipinski definition) is 1. The summed E-state index contributed by atoms with van der Waals surface area (Å²) in [6, 6.07) is 1.98. The van der Waals surface area contributed by atoms with Crippen molar-refractivity contribution in [3.63, 3.8) is 0 Å². The zero-order valence-electron chi connectivity index (χ0n) is 9.39. The van der Waals surface area contributed by atoms with Gasteiger partial charge in [0.1, 0.15) is 0 Å². The normalized spacial score (nSPS) is 20.1. The van der Waals surface area contributed by atoms with Crippen LogP contribution in [-0.2, 0) is 4.74 Å². The maximum Gasteiger partial charge on any atom is 0.0638 e. The van der Waals surface area contributed by atoms with E-state index in [1.54, 1.807) is 12.4 Å². The van der Waals surface area contributed by atoms with Crippen molar-refractivity contribution in [3.8, 4) is 0 Å². The van der Waals surface area contributed by atoms with Gasteiger partial charge in [-0.2, -0.15) is 0 Å². The summed E-state index contributed by atoms with van der Waals surface area (Å²) in [5.41, 5.74) is 6.60. The van der Waals surface area contributed by atoms with Gasteiger partial charge in [0.25, 0.3) is 0 Å². The Balaban J connectivity index is 1.66. The summed E-state index contributed by atoms with van der Waals surface area (Å²) in [5, 5.41) is 0. The summed E-state index contributed by atoms with van der Waals surface area (Å²) in [7, 11) is 0. The molecule has 0 aliphatic carbocycles. The van der Waals surface area contributed by atoms with Crippen molar-refractivity contribution in [1.29, 1.82) is 0 Å². The molecule has 1 fully saturated rings. The summed E-state index contributed by atoms with van der Waals surface area (Å²) in [4.78, 5) is 5.12. The Labute approximate surface area is 101 Å². The lowest BCUT2D eigenvalue weighted by molar-refractivity contribution is 0.104. The molecule has 1 unspecified atom stereocenters. The first-order valence-electron chi connectivity index (χ1n) is 5.80. The second-order valence-corrected chi connectivity index (χ2v) is 5.18. The zero-order valence-corrected chi connectivity index (χ0v) is 10.2. The highest BCUT2D eigenvalue weighted by atomic mass is 32.2. The molecule has 16 heavy (non-hydrogen) atoms. The predicted octanol–water partition coefficient (Wildman–Crippen LogP) is 2.72. The molecule has 1 aromatic heterocycles. The monoisotopic (exact) mass is 238 g/mol. The Morgan fingerprint density at radius 2 is 2.50 bits per heavy atom. The molecular weight excluding hydrogens is 220 g/mol. The van der Waals surface area contributed by atoms with Gasteiger partial charge in [-0.25, -0.2) is 0 Å². The van der Waals surface area contributed by atoms with Crippen molar-refractivity contribution >= 4 is 17.4 Å². The van der Waals surface area contributed by atoms with Crippen LogP contribution in [0.2, 0.25) is 0 Å². The Morgan fingerprint density at radius 3 is 3.25 bits per heavy atom. The molecule has 0 radical (unpaired) electrons. The summed E-state index contributed by atoms with van der Waals surface area (Å²) in [6.07, 6.45) is 8.85. The van der Waals surface area contributed by atoms with Gasteiger partial charge in [0.05, 0.1) is 18.0 Å². The van der Waals surface area contributed by atoms with Gasteiger partial charge in [-0.05, 0) is 37.5 Å². The first-order valence-corrected chi connectivity index (χ1v) is 6.79. The molecule has 1 atom stereocenters. The van der Waals surface area contributed by atoms with E-state index in [2.05, 4.69) is 4.98 Å². The molecule has 4 heteroatoms. The molecule has 1 aliphatic rings. The first kappa shape index (κ1) is 11.7. The van der Waals surface area contributed by atoms with E-state index in [0.29, 0.717) is 6.10 Å². The smallest absolute Gasteiger partial charge is 0.0638 e. The lowest BCUT2D eigenvalue weighted by Crippen LogP contribution is -2.04. The SMILES string of the molecule is Nc1cnccc1SCCCC1CCCO1. The second-order valence-electron chi connectivity index (χ2n) is 4.04. The third-order valence-electron chi connectivity index (χ3n) is 2.76. The number of pyridine rings is 1. The fraction of sp³-hybridized carbons (Fsp3) is 0.583. The molecule has 0 saturated carbocycles. The highest BCUT2D eigenvalue weighted by Crippen LogP contribution is 2.25. The third-order valence-corrected chi connectivity index (χ3v) is 3.94. The van der Waals surface area contributed by atoms with Crippen LogP contribution in [0, 0.1) is 0 Å². The number of nitrogens with zero attached hydrogens (tertiary/aromatic N) is 1. The van der Waals surface area contributed by atoms with Crippen LogP contribution in [0.1, 0.15) is 25.7 Å². The van der Waals surface area contributed by atoms with Crippen molar-refractivity contribution in [3.05, 3.63) is 18.5 Å². The van der Waals surface area contributed by atoms with Gasteiger partial charge in [0, 0.05) is 17.7 Å². The molecular formula is C12H18N2OS. The average molecular weight is 238 g/mol. The van der Waals surface area contributed by atoms with E-state index in [9.17, 15) is 0 Å². The molecule has 0 bridgehead atoms. The van der Waals surface area contributed by atoms with Gasteiger partial charge in [0.15, 0.2) is 0 Å². The number of nitrogen functional groups attached to an aromatic ring is 1. The fourth-order valence-corrected chi connectivity index (χ4v) is 2.80. The van der Waals surface area contributed by atoms with Gasteiger partial charge in [0.2, 0.25) is 0 Å². The first-order chi connectivity index (χ1) is 7.86.